The maximum Gasteiger partial charge on any atom is 0.238 e. The van der Waals surface area contributed by atoms with Gasteiger partial charge < -0.3 is 0 Å². The monoisotopic (exact) mass is 328 g/mol. The van der Waals surface area contributed by atoms with Crippen LogP contribution in [0.3, 0.4) is 0 Å². The third kappa shape index (κ3) is 3.41. The molecule has 0 bridgehead atoms. The Balaban J connectivity index is 0.00000192. The fourth-order valence-corrected chi connectivity index (χ4v) is 3.10. The van der Waals surface area contributed by atoms with Crippen molar-refractivity contribution in [3.05, 3.63) is 71.3 Å². The first kappa shape index (κ1) is 17.1. The van der Waals surface area contributed by atoms with Crippen LogP contribution in [0.25, 0.3) is 5.57 Å². The van der Waals surface area contributed by atoms with E-state index in [1.54, 1.807) is 12.1 Å². The van der Waals surface area contributed by atoms with Crippen molar-refractivity contribution in [1.82, 2.24) is 0 Å². The zero-order chi connectivity index (χ0) is 15.7. The number of rotatable bonds is 3. The van der Waals surface area contributed by atoms with Crippen LogP contribution in [-0.2, 0) is 10.0 Å². The molecule has 5 heteroatoms. The summed E-state index contributed by atoms with van der Waals surface area (Å²) in [5.74, 6) is 0. The second-order valence-corrected chi connectivity index (χ2v) is 6.82. The van der Waals surface area contributed by atoms with E-state index in [1.165, 1.54) is 17.7 Å². The number of nitrogens with two attached hydrogens (primary N) is 1. The molecule has 120 valence electrons. The molecule has 0 spiro atoms. The van der Waals surface area contributed by atoms with Crippen molar-refractivity contribution >= 4 is 21.3 Å². The molecule has 2 N–H and O–H groups in total. The Labute approximate surface area is 137 Å². The van der Waals surface area contributed by atoms with Crippen molar-refractivity contribution in [2.45, 2.75) is 19.2 Å². The lowest BCUT2D eigenvalue weighted by Gasteiger charge is -2.10. The minimum atomic E-state index is -3.67. The van der Waals surface area contributed by atoms with Crippen molar-refractivity contribution in [2.24, 2.45) is 10.1 Å². The molecule has 0 saturated heterocycles. The van der Waals surface area contributed by atoms with Gasteiger partial charge >= 0.3 is 0 Å². The average molecular weight is 328 g/mol. The van der Waals surface area contributed by atoms with E-state index < -0.39 is 10.0 Å². The zero-order valence-electron chi connectivity index (χ0n) is 12.2. The summed E-state index contributed by atoms with van der Waals surface area (Å²) < 4.78 is 22.7. The van der Waals surface area contributed by atoms with Crippen LogP contribution >= 0.6 is 0 Å². The normalized spacial score (nSPS) is 14.4. The minimum Gasteiger partial charge on any atom is -0.280 e. The molecule has 2 aromatic carbocycles. The van der Waals surface area contributed by atoms with Gasteiger partial charge in [-0.25, -0.2) is 13.6 Å². The molecule has 4 nitrogen and oxygen atoms in total. The molecule has 0 amide bonds. The van der Waals surface area contributed by atoms with Crippen molar-refractivity contribution in [1.29, 1.82) is 0 Å². The highest BCUT2D eigenvalue weighted by atomic mass is 32.2. The average Bonchev–Trinajstić information content (AvgIpc) is 2.89. The maximum atomic E-state index is 11.4. The first-order valence-corrected chi connectivity index (χ1v) is 8.44. The highest BCUT2D eigenvalue weighted by Crippen LogP contribution is 2.29. The summed E-state index contributed by atoms with van der Waals surface area (Å²) in [6, 6.07) is 16.6. The first-order valence-electron chi connectivity index (χ1n) is 6.90. The van der Waals surface area contributed by atoms with Crippen molar-refractivity contribution in [2.75, 3.05) is 6.54 Å². The van der Waals surface area contributed by atoms with Crippen LogP contribution in [0.5, 0.6) is 0 Å². The quantitative estimate of drug-likeness (QED) is 0.939. The van der Waals surface area contributed by atoms with Crippen LogP contribution in [0.4, 0.5) is 0 Å². The third-order valence-corrected chi connectivity index (χ3v) is 4.59. The lowest BCUT2D eigenvalue weighted by Crippen LogP contribution is -2.12. The van der Waals surface area contributed by atoms with Gasteiger partial charge in [0.1, 0.15) is 0 Å². The van der Waals surface area contributed by atoms with Gasteiger partial charge in [0.2, 0.25) is 10.0 Å². The fourth-order valence-electron chi connectivity index (χ4n) is 2.58. The van der Waals surface area contributed by atoms with Crippen LogP contribution < -0.4 is 5.14 Å². The summed E-state index contributed by atoms with van der Waals surface area (Å²) in [7, 11) is -3.67. The summed E-state index contributed by atoms with van der Waals surface area (Å²) in [4.78, 5) is 4.73. The van der Waals surface area contributed by atoms with E-state index in [4.69, 9.17) is 5.14 Å². The number of allylic oxidation sites excluding steroid dienone is 1. The summed E-state index contributed by atoms with van der Waals surface area (Å²) in [5, 5.41) is 5.14. The van der Waals surface area contributed by atoms with E-state index in [2.05, 4.69) is 4.99 Å². The Morgan fingerprint density at radius 3 is 2.13 bits per heavy atom. The second kappa shape index (κ2) is 6.48. The third-order valence-electron chi connectivity index (χ3n) is 3.66. The molecule has 1 heterocycles. The molecular formula is C18H20N2O2S. The zero-order valence-corrected chi connectivity index (χ0v) is 13.0. The van der Waals surface area contributed by atoms with Gasteiger partial charge in [-0.05, 0) is 30.2 Å². The molecule has 0 aromatic heterocycles. The number of hydrogen-bond donors (Lipinski definition) is 1. The standard InChI is InChI=1S/C17H16N2O2S.CH4/c1-12-11-19-17(14-5-3-2-4-6-14)16(12)13-7-9-15(10-8-13)22(18,20)21;/h2-10H,11H2,1H3,(H2,18,20,21);1H4. The van der Waals surface area contributed by atoms with E-state index in [9.17, 15) is 8.42 Å². The minimum absolute atomic E-state index is 0. The molecule has 0 atom stereocenters. The maximum absolute atomic E-state index is 11.4. The van der Waals surface area contributed by atoms with Crippen molar-refractivity contribution < 1.29 is 8.42 Å². The van der Waals surface area contributed by atoms with Crippen LogP contribution in [-0.4, -0.2) is 20.7 Å². The second-order valence-electron chi connectivity index (χ2n) is 5.26. The molecule has 1 aliphatic heterocycles. The van der Waals surface area contributed by atoms with Crippen molar-refractivity contribution in [3.63, 3.8) is 0 Å². The Bertz CT molecular complexity index is 865. The van der Waals surface area contributed by atoms with E-state index >= 15 is 0 Å². The highest BCUT2D eigenvalue weighted by Gasteiger charge is 2.20. The van der Waals surface area contributed by atoms with Gasteiger partial charge in [0, 0.05) is 11.1 Å². The highest BCUT2D eigenvalue weighted by molar-refractivity contribution is 7.89. The molecule has 2 aromatic rings. The lowest BCUT2D eigenvalue weighted by atomic mass is 9.94. The first-order chi connectivity index (χ1) is 10.5. The largest absolute Gasteiger partial charge is 0.280 e. The Hall–Kier alpha value is -2.24. The van der Waals surface area contributed by atoms with E-state index in [1.807, 2.05) is 37.3 Å². The van der Waals surface area contributed by atoms with Gasteiger partial charge in [-0.1, -0.05) is 49.9 Å². The van der Waals surface area contributed by atoms with Gasteiger partial charge in [0.05, 0.1) is 17.2 Å². The molecule has 0 radical (unpaired) electrons. The molecule has 3 rings (SSSR count). The van der Waals surface area contributed by atoms with Crippen LogP contribution in [0.1, 0.15) is 25.5 Å². The van der Waals surface area contributed by atoms with Crippen LogP contribution in [0.15, 0.2) is 70.1 Å². The van der Waals surface area contributed by atoms with E-state index in [-0.39, 0.29) is 12.3 Å². The molecular weight excluding hydrogens is 308 g/mol. The summed E-state index contributed by atoms with van der Waals surface area (Å²) in [6.07, 6.45) is 0. The summed E-state index contributed by atoms with van der Waals surface area (Å²) in [5.41, 5.74) is 5.19. The van der Waals surface area contributed by atoms with Crippen molar-refractivity contribution in [3.8, 4) is 0 Å². The van der Waals surface area contributed by atoms with Gasteiger partial charge in [-0.2, -0.15) is 0 Å². The van der Waals surface area contributed by atoms with E-state index in [0.717, 1.165) is 22.4 Å². The molecule has 0 saturated carbocycles. The van der Waals surface area contributed by atoms with Gasteiger partial charge in [-0.3, -0.25) is 4.99 Å². The molecule has 1 aliphatic rings. The predicted octanol–water partition coefficient (Wildman–Crippen LogP) is 3.25. The smallest absolute Gasteiger partial charge is 0.238 e. The van der Waals surface area contributed by atoms with Gasteiger partial charge in [-0.15, -0.1) is 0 Å². The number of sulfonamides is 1. The fraction of sp³-hybridized carbons (Fsp3) is 0.167. The number of hydrogen-bond acceptors (Lipinski definition) is 3. The summed E-state index contributed by atoms with van der Waals surface area (Å²) in [6.45, 7) is 2.71. The predicted molar refractivity (Wildman–Crippen MR) is 95.0 cm³/mol. The molecule has 23 heavy (non-hydrogen) atoms. The van der Waals surface area contributed by atoms with Gasteiger partial charge in [0.15, 0.2) is 0 Å². The molecule has 0 fully saturated rings. The van der Waals surface area contributed by atoms with E-state index in [0.29, 0.717) is 6.54 Å². The number of aliphatic imine (C=N–C) groups is 1. The molecule has 0 unspecified atom stereocenters. The van der Waals surface area contributed by atoms with Crippen LogP contribution in [0, 0.1) is 0 Å². The Kier molecular flexibility index (Phi) is 4.82. The topological polar surface area (TPSA) is 72.5 Å². The van der Waals surface area contributed by atoms with Crippen LogP contribution in [0.2, 0.25) is 0 Å². The number of nitrogens with zero attached hydrogens (tertiary/aromatic N) is 1. The summed E-state index contributed by atoms with van der Waals surface area (Å²) >= 11 is 0. The Morgan fingerprint density at radius 2 is 1.57 bits per heavy atom. The SMILES string of the molecule is C.CC1=C(c2ccc(S(N)(=O)=O)cc2)C(c2ccccc2)=NC1. The number of primary sulfonamides is 1. The Morgan fingerprint density at radius 1 is 0.957 bits per heavy atom. The molecule has 0 aliphatic carbocycles. The lowest BCUT2D eigenvalue weighted by molar-refractivity contribution is 0.598. The van der Waals surface area contributed by atoms with Gasteiger partial charge in [0.25, 0.3) is 0 Å². The number of benzene rings is 2.